The zero-order valence-corrected chi connectivity index (χ0v) is 5.46. The van der Waals surface area contributed by atoms with Gasteiger partial charge in [0.1, 0.15) is 6.34 Å². The van der Waals surface area contributed by atoms with Crippen LogP contribution in [0.3, 0.4) is 0 Å². The first-order chi connectivity index (χ1) is 3.91. The Morgan fingerprint density at radius 2 is 2.25 bits per heavy atom. The predicted molar refractivity (Wildman–Crippen MR) is 37.8 cm³/mol. The highest BCUT2D eigenvalue weighted by atomic mass is 14.8. The van der Waals surface area contributed by atoms with Crippen LogP contribution in [0.25, 0.3) is 0 Å². The number of aliphatic imine (C=N–C) groups is 2. The molecule has 0 fully saturated rings. The van der Waals surface area contributed by atoms with Gasteiger partial charge in [0.05, 0.1) is 0 Å². The molecule has 0 unspecified atom stereocenters. The fourth-order valence-corrected chi connectivity index (χ4v) is 0.317. The number of rotatable bonds is 3. The summed E-state index contributed by atoms with van der Waals surface area (Å²) in [6.07, 6.45) is 5.62. The van der Waals surface area contributed by atoms with Crippen molar-refractivity contribution in [1.82, 2.24) is 0 Å². The van der Waals surface area contributed by atoms with Crippen molar-refractivity contribution in [1.29, 1.82) is 0 Å². The zero-order valence-electron chi connectivity index (χ0n) is 5.46. The van der Waals surface area contributed by atoms with Gasteiger partial charge in [-0.05, 0) is 6.42 Å². The molecule has 0 bridgehead atoms. The first-order valence-electron chi connectivity index (χ1n) is 2.84. The summed E-state index contributed by atoms with van der Waals surface area (Å²) in [5.41, 5.74) is 0. The Balaban J connectivity index is 3.07. The average Bonchev–Trinajstić information content (AvgIpc) is 1.81. The van der Waals surface area contributed by atoms with Gasteiger partial charge in [0, 0.05) is 13.3 Å². The smallest absolute Gasteiger partial charge is 0.109 e. The molecule has 0 aliphatic carbocycles. The van der Waals surface area contributed by atoms with Gasteiger partial charge in [-0.2, -0.15) is 0 Å². The van der Waals surface area contributed by atoms with Crippen LogP contribution >= 0.6 is 0 Å². The lowest BCUT2D eigenvalue weighted by Gasteiger charge is -1.77. The van der Waals surface area contributed by atoms with E-state index in [1.165, 1.54) is 0 Å². The minimum atomic E-state index is 1.05. The van der Waals surface area contributed by atoms with Crippen LogP contribution in [-0.2, 0) is 0 Å². The van der Waals surface area contributed by atoms with Crippen molar-refractivity contribution in [3.63, 3.8) is 0 Å². The molecule has 0 spiro atoms. The Kier molecular flexibility index (Phi) is 5.82. The standard InChI is InChI=1S/C6H12N2/c1-3-4-5-8-6-7-2/h5-6H,3-4H2,1-2H3. The van der Waals surface area contributed by atoms with Gasteiger partial charge in [-0.25, -0.2) is 4.99 Å². The lowest BCUT2D eigenvalue weighted by atomic mass is 10.4. The summed E-state index contributed by atoms with van der Waals surface area (Å²) >= 11 is 0. The molecular weight excluding hydrogens is 100 g/mol. The summed E-state index contributed by atoms with van der Waals surface area (Å²) in [6, 6.07) is 0. The third kappa shape index (κ3) is 5.34. The summed E-state index contributed by atoms with van der Waals surface area (Å²) in [7, 11) is 1.71. The highest BCUT2D eigenvalue weighted by Crippen LogP contribution is 1.78. The number of unbranched alkanes of at least 4 members (excludes halogenated alkanes) is 1. The molecule has 46 valence electrons. The lowest BCUT2D eigenvalue weighted by Crippen LogP contribution is -1.72. The summed E-state index contributed by atoms with van der Waals surface area (Å²) in [6.45, 7) is 2.12. The molecule has 2 heteroatoms. The molecule has 0 saturated carbocycles. The number of hydrogen-bond donors (Lipinski definition) is 0. The summed E-state index contributed by atoms with van der Waals surface area (Å²) in [5, 5.41) is 0. The van der Waals surface area contributed by atoms with Crippen LogP contribution < -0.4 is 0 Å². The van der Waals surface area contributed by atoms with Crippen LogP contribution in [0.4, 0.5) is 0 Å². The maximum atomic E-state index is 3.86. The second-order valence-electron chi connectivity index (χ2n) is 1.49. The van der Waals surface area contributed by atoms with Crippen molar-refractivity contribution in [3.8, 4) is 0 Å². The summed E-state index contributed by atoms with van der Waals surface area (Å²) in [4.78, 5) is 7.55. The molecule has 0 aliphatic rings. The summed E-state index contributed by atoms with van der Waals surface area (Å²) < 4.78 is 0. The molecular formula is C6H12N2. The van der Waals surface area contributed by atoms with Gasteiger partial charge in [-0.15, -0.1) is 0 Å². The number of hydrogen-bond acceptors (Lipinski definition) is 1. The first kappa shape index (κ1) is 7.34. The molecule has 0 aromatic rings. The van der Waals surface area contributed by atoms with Crippen molar-refractivity contribution in [2.75, 3.05) is 7.05 Å². The molecule has 8 heavy (non-hydrogen) atoms. The Bertz CT molecular complexity index is 84.5. The average molecular weight is 112 g/mol. The lowest BCUT2D eigenvalue weighted by molar-refractivity contribution is 1.01. The van der Waals surface area contributed by atoms with Crippen LogP contribution in [0.5, 0.6) is 0 Å². The third-order valence-corrected chi connectivity index (χ3v) is 0.705. The highest BCUT2D eigenvalue weighted by Gasteiger charge is 1.68. The largest absolute Gasteiger partial charge is 0.277 e. The molecule has 0 aliphatic heterocycles. The van der Waals surface area contributed by atoms with Crippen LogP contribution in [0, 0.1) is 0 Å². The predicted octanol–water partition coefficient (Wildman–Crippen LogP) is 1.52. The Morgan fingerprint density at radius 1 is 1.50 bits per heavy atom. The van der Waals surface area contributed by atoms with Gasteiger partial charge in [0.2, 0.25) is 0 Å². The van der Waals surface area contributed by atoms with Gasteiger partial charge < -0.3 is 0 Å². The SMILES string of the molecule is CCCC=NC=NC. The van der Waals surface area contributed by atoms with E-state index < -0.39 is 0 Å². The van der Waals surface area contributed by atoms with Crippen LogP contribution in [0.15, 0.2) is 9.98 Å². The Labute approximate surface area is 50.4 Å². The molecule has 0 rings (SSSR count). The van der Waals surface area contributed by atoms with Crippen molar-refractivity contribution in [3.05, 3.63) is 0 Å². The fraction of sp³-hybridized carbons (Fsp3) is 0.667. The molecule has 0 amide bonds. The van der Waals surface area contributed by atoms with E-state index in [4.69, 9.17) is 0 Å². The van der Waals surface area contributed by atoms with Gasteiger partial charge in [0.15, 0.2) is 0 Å². The van der Waals surface area contributed by atoms with Gasteiger partial charge in [-0.3, -0.25) is 4.99 Å². The van der Waals surface area contributed by atoms with Crippen molar-refractivity contribution >= 4 is 12.6 Å². The maximum Gasteiger partial charge on any atom is 0.109 e. The molecule has 0 saturated heterocycles. The fourth-order valence-electron chi connectivity index (χ4n) is 0.317. The minimum absolute atomic E-state index is 1.05. The van der Waals surface area contributed by atoms with Gasteiger partial charge >= 0.3 is 0 Å². The van der Waals surface area contributed by atoms with E-state index in [-0.39, 0.29) is 0 Å². The summed E-state index contributed by atoms with van der Waals surface area (Å²) in [5.74, 6) is 0. The number of nitrogens with zero attached hydrogens (tertiary/aromatic N) is 2. The molecule has 0 atom stereocenters. The normalized spacial score (nSPS) is 11.8. The molecule has 0 heterocycles. The second-order valence-corrected chi connectivity index (χ2v) is 1.49. The van der Waals surface area contributed by atoms with Crippen LogP contribution in [0.1, 0.15) is 19.8 Å². The highest BCUT2D eigenvalue weighted by molar-refractivity contribution is 5.71. The van der Waals surface area contributed by atoms with Crippen LogP contribution in [0.2, 0.25) is 0 Å². The van der Waals surface area contributed by atoms with E-state index in [0.29, 0.717) is 0 Å². The minimum Gasteiger partial charge on any atom is -0.277 e. The zero-order chi connectivity index (χ0) is 6.24. The van der Waals surface area contributed by atoms with E-state index in [1.807, 2.05) is 6.21 Å². The van der Waals surface area contributed by atoms with Gasteiger partial charge in [-0.1, -0.05) is 13.3 Å². The van der Waals surface area contributed by atoms with Crippen molar-refractivity contribution in [2.45, 2.75) is 19.8 Å². The second kappa shape index (κ2) is 6.34. The maximum absolute atomic E-state index is 3.86. The molecule has 2 nitrogen and oxygen atoms in total. The third-order valence-electron chi connectivity index (χ3n) is 0.705. The first-order valence-corrected chi connectivity index (χ1v) is 2.84. The quantitative estimate of drug-likeness (QED) is 0.390. The van der Waals surface area contributed by atoms with E-state index in [2.05, 4.69) is 16.9 Å². The molecule has 0 radical (unpaired) electrons. The van der Waals surface area contributed by atoms with Crippen LogP contribution in [-0.4, -0.2) is 19.6 Å². The molecule has 0 aromatic heterocycles. The monoisotopic (exact) mass is 112 g/mol. The Morgan fingerprint density at radius 3 is 2.75 bits per heavy atom. The Hall–Kier alpha value is -0.660. The van der Waals surface area contributed by atoms with Crippen molar-refractivity contribution in [2.24, 2.45) is 9.98 Å². The topological polar surface area (TPSA) is 24.7 Å². The molecule has 0 aromatic carbocycles. The van der Waals surface area contributed by atoms with Crippen molar-refractivity contribution < 1.29 is 0 Å². The van der Waals surface area contributed by atoms with E-state index in [0.717, 1.165) is 12.8 Å². The van der Waals surface area contributed by atoms with E-state index >= 15 is 0 Å². The van der Waals surface area contributed by atoms with E-state index in [9.17, 15) is 0 Å². The van der Waals surface area contributed by atoms with Gasteiger partial charge in [0.25, 0.3) is 0 Å². The van der Waals surface area contributed by atoms with E-state index in [1.54, 1.807) is 13.4 Å². The molecule has 0 N–H and O–H groups in total.